The van der Waals surface area contributed by atoms with Gasteiger partial charge in [0.05, 0.1) is 0 Å². The second-order valence-electron chi connectivity index (χ2n) is 4.55. The third-order valence-electron chi connectivity index (χ3n) is 3.22. The maximum Gasteiger partial charge on any atom is 0.0403 e. The highest BCUT2D eigenvalue weighted by molar-refractivity contribution is 5.57. The number of nitrogen functional groups attached to an aromatic ring is 1. The predicted molar refractivity (Wildman–Crippen MR) is 78.7 cm³/mol. The van der Waals surface area contributed by atoms with Gasteiger partial charge < -0.3 is 11.1 Å². The van der Waals surface area contributed by atoms with Crippen molar-refractivity contribution in [1.29, 1.82) is 0 Å². The number of nitrogens with one attached hydrogen (secondary N) is 1. The van der Waals surface area contributed by atoms with Gasteiger partial charge in [0.2, 0.25) is 0 Å². The average molecular weight is 240 g/mol. The molecule has 0 saturated heterocycles. The fourth-order valence-corrected chi connectivity index (χ4v) is 2.15. The van der Waals surface area contributed by atoms with E-state index in [1.165, 1.54) is 16.7 Å². The molecule has 2 aromatic rings. The molecule has 0 saturated carbocycles. The minimum absolute atomic E-state index is 0.812. The van der Waals surface area contributed by atoms with Crippen LogP contribution in [0.4, 0.5) is 11.4 Å². The maximum absolute atomic E-state index is 5.75. The van der Waals surface area contributed by atoms with Gasteiger partial charge in [0.1, 0.15) is 0 Å². The first-order chi connectivity index (χ1) is 8.70. The van der Waals surface area contributed by atoms with E-state index in [4.69, 9.17) is 5.73 Å². The Morgan fingerprint density at radius 3 is 2.44 bits per heavy atom. The van der Waals surface area contributed by atoms with Crippen LogP contribution in [0.3, 0.4) is 0 Å². The first-order valence-electron chi connectivity index (χ1n) is 6.37. The Bertz CT molecular complexity index is 532. The molecule has 0 aliphatic carbocycles. The van der Waals surface area contributed by atoms with Crippen LogP contribution < -0.4 is 11.1 Å². The molecular weight excluding hydrogens is 220 g/mol. The Hall–Kier alpha value is -1.96. The Morgan fingerprint density at radius 2 is 1.78 bits per heavy atom. The van der Waals surface area contributed by atoms with Crippen LogP contribution in [0, 0.1) is 6.92 Å². The predicted octanol–water partition coefficient (Wildman–Crippen LogP) is 3.75. The van der Waals surface area contributed by atoms with E-state index in [1.807, 2.05) is 18.2 Å². The van der Waals surface area contributed by atoms with Crippen molar-refractivity contribution in [3.63, 3.8) is 0 Å². The van der Waals surface area contributed by atoms with Gasteiger partial charge in [-0.2, -0.15) is 0 Å². The fraction of sp³-hybridized carbons (Fsp3) is 0.250. The van der Waals surface area contributed by atoms with Crippen LogP contribution in [0.25, 0.3) is 0 Å². The summed E-state index contributed by atoms with van der Waals surface area (Å²) >= 11 is 0. The molecule has 0 amide bonds. The van der Waals surface area contributed by atoms with E-state index in [-0.39, 0.29) is 0 Å². The van der Waals surface area contributed by atoms with Crippen LogP contribution in [0.15, 0.2) is 42.5 Å². The highest BCUT2D eigenvalue weighted by atomic mass is 14.9. The summed E-state index contributed by atoms with van der Waals surface area (Å²) in [6.07, 6.45) is 1.07. The summed E-state index contributed by atoms with van der Waals surface area (Å²) < 4.78 is 0. The lowest BCUT2D eigenvalue weighted by molar-refractivity contribution is 1.04. The van der Waals surface area contributed by atoms with Crippen molar-refractivity contribution in [1.82, 2.24) is 0 Å². The molecule has 0 aromatic heterocycles. The van der Waals surface area contributed by atoms with Gasteiger partial charge >= 0.3 is 0 Å². The first-order valence-corrected chi connectivity index (χ1v) is 6.37. The van der Waals surface area contributed by atoms with Gasteiger partial charge in [0.25, 0.3) is 0 Å². The summed E-state index contributed by atoms with van der Waals surface area (Å²) in [7, 11) is 0. The van der Waals surface area contributed by atoms with Crippen molar-refractivity contribution in [3.05, 3.63) is 59.2 Å². The van der Waals surface area contributed by atoms with Gasteiger partial charge in [-0.25, -0.2) is 0 Å². The highest BCUT2D eigenvalue weighted by Gasteiger charge is 2.01. The molecule has 3 N–H and O–H groups in total. The molecule has 18 heavy (non-hydrogen) atoms. The number of benzene rings is 2. The summed E-state index contributed by atoms with van der Waals surface area (Å²) in [6, 6.07) is 14.5. The van der Waals surface area contributed by atoms with Crippen LogP contribution >= 0.6 is 0 Å². The molecule has 0 fully saturated rings. The lowest BCUT2D eigenvalue weighted by atomic mass is 10.1. The van der Waals surface area contributed by atoms with Crippen molar-refractivity contribution < 1.29 is 0 Å². The zero-order valence-electron chi connectivity index (χ0n) is 11.0. The standard InChI is InChI=1S/C16H20N2/c1-3-13-6-4-5-7-14(13)11-18-16-9-8-15(17)10-12(16)2/h4-10,18H,3,11,17H2,1-2H3. The molecule has 0 bridgehead atoms. The molecule has 0 aliphatic heterocycles. The zero-order chi connectivity index (χ0) is 13.0. The smallest absolute Gasteiger partial charge is 0.0403 e. The summed E-state index contributed by atoms with van der Waals surface area (Å²) in [5.41, 5.74) is 11.7. The van der Waals surface area contributed by atoms with Crippen LogP contribution in [0.5, 0.6) is 0 Å². The number of hydrogen-bond acceptors (Lipinski definition) is 2. The van der Waals surface area contributed by atoms with E-state index in [9.17, 15) is 0 Å². The summed E-state index contributed by atoms with van der Waals surface area (Å²) in [5.74, 6) is 0. The first kappa shape index (κ1) is 12.5. The monoisotopic (exact) mass is 240 g/mol. The topological polar surface area (TPSA) is 38.0 Å². The van der Waals surface area contributed by atoms with E-state index >= 15 is 0 Å². The fourth-order valence-electron chi connectivity index (χ4n) is 2.15. The van der Waals surface area contributed by atoms with Gasteiger partial charge in [0, 0.05) is 17.9 Å². The van der Waals surface area contributed by atoms with Crippen LogP contribution in [0.2, 0.25) is 0 Å². The normalized spacial score (nSPS) is 10.3. The molecule has 94 valence electrons. The number of aryl methyl sites for hydroxylation is 2. The van der Waals surface area contributed by atoms with E-state index < -0.39 is 0 Å². The van der Waals surface area contributed by atoms with Gasteiger partial charge in [-0.1, -0.05) is 31.2 Å². The second kappa shape index (κ2) is 5.58. The van der Waals surface area contributed by atoms with Gasteiger partial charge in [-0.05, 0) is 48.2 Å². The van der Waals surface area contributed by atoms with E-state index in [1.54, 1.807) is 0 Å². The molecule has 0 atom stereocenters. The number of hydrogen-bond donors (Lipinski definition) is 2. The molecular formula is C16H20N2. The lowest BCUT2D eigenvalue weighted by Crippen LogP contribution is -2.04. The van der Waals surface area contributed by atoms with E-state index in [0.717, 1.165) is 24.3 Å². The van der Waals surface area contributed by atoms with Crippen molar-refractivity contribution in [2.45, 2.75) is 26.8 Å². The van der Waals surface area contributed by atoms with Gasteiger partial charge in [0.15, 0.2) is 0 Å². The van der Waals surface area contributed by atoms with Crippen molar-refractivity contribution in [2.24, 2.45) is 0 Å². The van der Waals surface area contributed by atoms with Crippen molar-refractivity contribution >= 4 is 11.4 Å². The Morgan fingerprint density at radius 1 is 1.06 bits per heavy atom. The molecule has 0 radical (unpaired) electrons. The van der Waals surface area contributed by atoms with Gasteiger partial charge in [-0.3, -0.25) is 0 Å². The average Bonchev–Trinajstić information content (AvgIpc) is 2.38. The molecule has 2 nitrogen and oxygen atoms in total. The third kappa shape index (κ3) is 2.83. The molecule has 0 spiro atoms. The van der Waals surface area contributed by atoms with E-state index in [2.05, 4.69) is 43.4 Å². The SMILES string of the molecule is CCc1ccccc1CNc1ccc(N)cc1C. The molecule has 2 heteroatoms. The Kier molecular flexibility index (Phi) is 3.88. The molecule has 2 aromatic carbocycles. The van der Waals surface area contributed by atoms with Crippen LogP contribution in [-0.2, 0) is 13.0 Å². The molecule has 2 rings (SSSR count). The van der Waals surface area contributed by atoms with Crippen molar-refractivity contribution in [3.8, 4) is 0 Å². The Labute approximate surface area is 109 Å². The minimum atomic E-state index is 0.812. The molecule has 0 heterocycles. The van der Waals surface area contributed by atoms with Crippen LogP contribution in [0.1, 0.15) is 23.6 Å². The lowest BCUT2D eigenvalue weighted by Gasteiger charge is -2.12. The highest BCUT2D eigenvalue weighted by Crippen LogP contribution is 2.19. The largest absolute Gasteiger partial charge is 0.399 e. The number of anilines is 2. The van der Waals surface area contributed by atoms with Crippen molar-refractivity contribution in [2.75, 3.05) is 11.1 Å². The third-order valence-corrected chi connectivity index (χ3v) is 3.22. The number of rotatable bonds is 4. The van der Waals surface area contributed by atoms with Crippen LogP contribution in [-0.4, -0.2) is 0 Å². The summed E-state index contributed by atoms with van der Waals surface area (Å²) in [5, 5.41) is 3.48. The second-order valence-corrected chi connectivity index (χ2v) is 4.55. The molecule has 0 unspecified atom stereocenters. The number of nitrogens with two attached hydrogens (primary N) is 1. The minimum Gasteiger partial charge on any atom is -0.399 e. The maximum atomic E-state index is 5.75. The molecule has 0 aliphatic rings. The Balaban J connectivity index is 2.11. The summed E-state index contributed by atoms with van der Waals surface area (Å²) in [4.78, 5) is 0. The van der Waals surface area contributed by atoms with E-state index in [0.29, 0.717) is 0 Å². The zero-order valence-corrected chi connectivity index (χ0v) is 11.0. The van der Waals surface area contributed by atoms with Gasteiger partial charge in [-0.15, -0.1) is 0 Å². The summed E-state index contributed by atoms with van der Waals surface area (Å²) in [6.45, 7) is 5.12. The quantitative estimate of drug-likeness (QED) is 0.799.